The molecular weight excluding hydrogens is 491 g/mol. The summed E-state index contributed by atoms with van der Waals surface area (Å²) in [7, 11) is 2.17. The van der Waals surface area contributed by atoms with Crippen LogP contribution in [0.3, 0.4) is 0 Å². The minimum absolute atomic E-state index is 0.195. The molecule has 3 aliphatic rings. The van der Waals surface area contributed by atoms with Crippen LogP contribution in [0.25, 0.3) is 5.57 Å². The van der Waals surface area contributed by atoms with Crippen molar-refractivity contribution in [3.8, 4) is 0 Å². The van der Waals surface area contributed by atoms with Crippen molar-refractivity contribution in [1.82, 2.24) is 20.2 Å². The number of rotatable bonds is 6. The van der Waals surface area contributed by atoms with Crippen molar-refractivity contribution < 1.29 is 13.9 Å². The van der Waals surface area contributed by atoms with Crippen LogP contribution in [0.5, 0.6) is 0 Å². The van der Waals surface area contributed by atoms with Crippen LogP contribution in [-0.4, -0.2) is 54.1 Å². The normalized spacial score (nSPS) is 19.7. The lowest BCUT2D eigenvalue weighted by molar-refractivity contribution is -0.0106. The highest BCUT2D eigenvalue weighted by atomic mass is 19.1. The number of carbonyl (C=O) groups excluding carboxylic acids is 1. The zero-order valence-electron chi connectivity index (χ0n) is 22.6. The van der Waals surface area contributed by atoms with Gasteiger partial charge in [-0.3, -0.25) is 9.78 Å². The summed E-state index contributed by atoms with van der Waals surface area (Å²) in [6, 6.07) is 15.0. The second-order valence-electron chi connectivity index (χ2n) is 11.5. The van der Waals surface area contributed by atoms with Crippen LogP contribution in [-0.2, 0) is 4.74 Å². The molecule has 2 aliphatic heterocycles. The molecule has 3 aromatic rings. The quantitative estimate of drug-likeness (QED) is 0.458. The molecule has 3 heterocycles. The van der Waals surface area contributed by atoms with Crippen molar-refractivity contribution in [1.29, 1.82) is 0 Å². The Labute approximate surface area is 229 Å². The summed E-state index contributed by atoms with van der Waals surface area (Å²) < 4.78 is 19.1. The number of ether oxygens (including phenoxy) is 1. The molecule has 39 heavy (non-hydrogen) atoms. The van der Waals surface area contributed by atoms with Crippen LogP contribution < -0.4 is 5.32 Å². The third-order valence-electron chi connectivity index (χ3n) is 8.45. The number of hydrogen-bond donors (Lipinski definition) is 1. The van der Waals surface area contributed by atoms with Crippen LogP contribution in [0.15, 0.2) is 66.5 Å². The lowest BCUT2D eigenvalue weighted by atomic mass is 9.59. The molecule has 1 aliphatic carbocycles. The maximum absolute atomic E-state index is 13.7. The Kier molecular flexibility index (Phi) is 7.04. The van der Waals surface area contributed by atoms with Crippen molar-refractivity contribution in [3.05, 3.63) is 100 Å². The van der Waals surface area contributed by atoms with Gasteiger partial charge in [0.1, 0.15) is 11.5 Å². The number of benzene rings is 2. The molecular formula is C32H35FN4O2. The van der Waals surface area contributed by atoms with Crippen molar-refractivity contribution >= 4 is 11.5 Å². The number of carbonyl (C=O) groups is 1. The molecule has 6 nitrogen and oxygen atoms in total. The molecule has 1 aromatic heterocycles. The molecule has 0 bridgehead atoms. The van der Waals surface area contributed by atoms with Crippen LogP contribution in [0.1, 0.15) is 77.4 Å². The molecule has 2 saturated heterocycles. The lowest BCUT2D eigenvalue weighted by Gasteiger charge is -2.56. The van der Waals surface area contributed by atoms with E-state index in [9.17, 15) is 9.18 Å². The predicted molar refractivity (Wildman–Crippen MR) is 149 cm³/mol. The first-order valence-electron chi connectivity index (χ1n) is 13.9. The third-order valence-corrected chi connectivity index (χ3v) is 8.45. The van der Waals surface area contributed by atoms with Crippen molar-refractivity contribution in [2.24, 2.45) is 5.41 Å². The fourth-order valence-electron chi connectivity index (χ4n) is 6.52. The summed E-state index contributed by atoms with van der Waals surface area (Å²) in [4.78, 5) is 24.3. The third kappa shape index (κ3) is 5.38. The van der Waals surface area contributed by atoms with Gasteiger partial charge in [-0.2, -0.15) is 0 Å². The monoisotopic (exact) mass is 526 g/mol. The molecule has 3 fully saturated rings. The van der Waals surface area contributed by atoms with Gasteiger partial charge in [-0.05, 0) is 74.1 Å². The summed E-state index contributed by atoms with van der Waals surface area (Å²) in [5.74, 6) is -0.173. The van der Waals surface area contributed by atoms with Gasteiger partial charge in [0, 0.05) is 43.8 Å². The highest BCUT2D eigenvalue weighted by Crippen LogP contribution is 2.54. The van der Waals surface area contributed by atoms with Gasteiger partial charge in [-0.25, -0.2) is 9.37 Å². The first-order valence-corrected chi connectivity index (χ1v) is 13.9. The molecule has 7 heteroatoms. The van der Waals surface area contributed by atoms with Crippen molar-refractivity contribution in [2.75, 3.05) is 33.4 Å². The van der Waals surface area contributed by atoms with E-state index in [2.05, 4.69) is 51.5 Å². The number of halogens is 1. The smallest absolute Gasteiger partial charge is 0.271 e. The number of allylic oxidation sites excluding steroid dienone is 1. The molecule has 2 aromatic carbocycles. The highest BCUT2D eigenvalue weighted by molar-refractivity contribution is 5.92. The van der Waals surface area contributed by atoms with E-state index in [1.807, 2.05) is 19.1 Å². The van der Waals surface area contributed by atoms with Gasteiger partial charge in [0.2, 0.25) is 0 Å². The molecule has 0 radical (unpaired) electrons. The predicted octanol–water partition coefficient (Wildman–Crippen LogP) is 5.53. The lowest BCUT2D eigenvalue weighted by Crippen LogP contribution is -2.58. The summed E-state index contributed by atoms with van der Waals surface area (Å²) in [6.45, 7) is 5.70. The fraction of sp³-hybridized carbons (Fsp3) is 0.406. The Morgan fingerprint density at radius 3 is 2.31 bits per heavy atom. The second kappa shape index (κ2) is 10.6. The van der Waals surface area contributed by atoms with Gasteiger partial charge in [-0.1, -0.05) is 42.0 Å². The number of nitrogens with one attached hydrogen (secondary N) is 1. The van der Waals surface area contributed by atoms with E-state index in [-0.39, 0.29) is 23.7 Å². The van der Waals surface area contributed by atoms with E-state index >= 15 is 0 Å². The van der Waals surface area contributed by atoms with Crippen LogP contribution in [0.2, 0.25) is 0 Å². The Bertz CT molecular complexity index is 1360. The topological polar surface area (TPSA) is 67.3 Å². The molecule has 1 spiro atoms. The molecule has 1 amide bonds. The largest absolute Gasteiger partial charge is 0.381 e. The minimum atomic E-state index is -0.229. The number of aromatic nitrogens is 2. The molecule has 202 valence electrons. The van der Waals surface area contributed by atoms with Crippen LogP contribution >= 0.6 is 0 Å². The highest BCUT2D eigenvalue weighted by Gasteiger charge is 2.49. The van der Waals surface area contributed by atoms with E-state index in [0.717, 1.165) is 61.2 Å². The molecule has 6 rings (SSSR count). The second-order valence-corrected chi connectivity index (χ2v) is 11.5. The summed E-state index contributed by atoms with van der Waals surface area (Å²) >= 11 is 0. The van der Waals surface area contributed by atoms with Gasteiger partial charge >= 0.3 is 0 Å². The van der Waals surface area contributed by atoms with E-state index in [0.29, 0.717) is 24.3 Å². The van der Waals surface area contributed by atoms with Crippen LogP contribution in [0.4, 0.5) is 4.39 Å². The number of likely N-dealkylation sites (tertiary alicyclic amines) is 1. The fourth-order valence-corrected chi connectivity index (χ4v) is 6.52. The van der Waals surface area contributed by atoms with E-state index in [1.165, 1.54) is 29.5 Å². The van der Waals surface area contributed by atoms with E-state index in [4.69, 9.17) is 4.74 Å². The van der Waals surface area contributed by atoms with E-state index < -0.39 is 0 Å². The van der Waals surface area contributed by atoms with Gasteiger partial charge < -0.3 is 15.0 Å². The number of nitrogens with zero attached hydrogens (tertiary/aromatic N) is 3. The van der Waals surface area contributed by atoms with Gasteiger partial charge in [0.25, 0.3) is 5.91 Å². The van der Waals surface area contributed by atoms with Gasteiger partial charge in [0.15, 0.2) is 0 Å². The Balaban J connectivity index is 1.18. The number of amides is 1. The van der Waals surface area contributed by atoms with E-state index in [1.54, 1.807) is 6.20 Å². The SMILES string of the molecule is C[C@@H](NC(=O)c1cncc(C2CCOCC2)n1)c1ccc(C(=C2CC3(C2)CN(C)C3)c2ccc(F)cc2)cc1. The maximum Gasteiger partial charge on any atom is 0.271 e. The first-order chi connectivity index (χ1) is 18.9. The summed E-state index contributed by atoms with van der Waals surface area (Å²) in [6.07, 6.45) is 7.27. The average molecular weight is 527 g/mol. The van der Waals surface area contributed by atoms with Crippen molar-refractivity contribution in [3.63, 3.8) is 0 Å². The zero-order chi connectivity index (χ0) is 27.0. The summed E-state index contributed by atoms with van der Waals surface area (Å²) in [5.41, 5.74) is 7.43. The molecule has 1 atom stereocenters. The molecule has 1 N–H and O–H groups in total. The zero-order valence-corrected chi connectivity index (χ0v) is 22.6. The van der Waals surface area contributed by atoms with Gasteiger partial charge in [0.05, 0.1) is 17.9 Å². The first kappa shape index (κ1) is 25.8. The molecule has 1 saturated carbocycles. The number of hydrogen-bond acceptors (Lipinski definition) is 5. The standard InChI is InChI=1S/C32H35FN4O2/c1-21(35-31(38)29-18-34-17-28(36-29)23-11-13-39-14-12-23)22-3-5-24(6-4-22)30(25-7-9-27(33)10-8-25)26-15-32(16-26)19-37(2)20-32/h3-10,17-18,21,23H,11-16,19-20H2,1-2H3,(H,35,38)/t21-/m1/s1. The average Bonchev–Trinajstić information content (AvgIpc) is 2.93. The summed E-state index contributed by atoms with van der Waals surface area (Å²) in [5, 5.41) is 3.08. The van der Waals surface area contributed by atoms with Crippen LogP contribution in [0, 0.1) is 11.2 Å². The Morgan fingerprint density at radius 1 is 1.03 bits per heavy atom. The van der Waals surface area contributed by atoms with Gasteiger partial charge in [-0.15, -0.1) is 0 Å². The Hall–Kier alpha value is -3.42. The maximum atomic E-state index is 13.7. The molecule has 0 unspecified atom stereocenters. The van der Waals surface area contributed by atoms with Crippen molar-refractivity contribution in [2.45, 2.75) is 44.6 Å². The Morgan fingerprint density at radius 2 is 1.67 bits per heavy atom. The minimum Gasteiger partial charge on any atom is -0.381 e.